The molecular formula is C5H6IN3. The van der Waals surface area contributed by atoms with Crippen LogP contribution in [0.1, 0.15) is 0 Å². The Balaban J connectivity index is 2.94. The molecule has 0 amide bonds. The van der Waals surface area contributed by atoms with Crippen LogP contribution in [0.5, 0.6) is 0 Å². The van der Waals surface area contributed by atoms with Crippen LogP contribution in [0.15, 0.2) is 18.3 Å². The topological polar surface area (TPSA) is 50.9 Å². The fraction of sp³-hybridized carbons (Fsp3) is 0. The van der Waals surface area contributed by atoms with Crippen LogP contribution in [0, 0.1) is 0 Å². The molecule has 0 aromatic carbocycles. The molecule has 0 spiro atoms. The fourth-order valence-corrected chi connectivity index (χ4v) is 0.843. The summed E-state index contributed by atoms with van der Waals surface area (Å²) in [4.78, 5) is 3.82. The molecule has 0 aliphatic heterocycles. The number of pyridine rings is 1. The first kappa shape index (κ1) is 6.60. The SMILES string of the molecule is Nc1cc(NI)ccn1. The summed E-state index contributed by atoms with van der Waals surface area (Å²) in [5.41, 5.74) is 6.35. The number of hydrogen-bond donors (Lipinski definition) is 2. The van der Waals surface area contributed by atoms with E-state index in [4.69, 9.17) is 5.73 Å². The first-order valence-corrected chi connectivity index (χ1v) is 3.49. The van der Waals surface area contributed by atoms with E-state index < -0.39 is 0 Å². The van der Waals surface area contributed by atoms with Crippen molar-refractivity contribution in [2.45, 2.75) is 0 Å². The van der Waals surface area contributed by atoms with Gasteiger partial charge in [-0.25, -0.2) is 4.98 Å². The third-order valence-electron chi connectivity index (χ3n) is 0.890. The van der Waals surface area contributed by atoms with Gasteiger partial charge in [0, 0.05) is 18.0 Å². The van der Waals surface area contributed by atoms with Crippen molar-refractivity contribution < 1.29 is 0 Å². The van der Waals surface area contributed by atoms with Crippen LogP contribution in [-0.2, 0) is 0 Å². The third kappa shape index (κ3) is 1.70. The van der Waals surface area contributed by atoms with Crippen LogP contribution in [0.2, 0.25) is 0 Å². The molecule has 0 unspecified atom stereocenters. The Hall–Kier alpha value is -0.520. The van der Waals surface area contributed by atoms with Crippen LogP contribution in [0.3, 0.4) is 0 Å². The van der Waals surface area contributed by atoms with Crippen molar-refractivity contribution in [1.82, 2.24) is 4.98 Å². The van der Waals surface area contributed by atoms with Crippen LogP contribution in [0.25, 0.3) is 0 Å². The minimum Gasteiger partial charge on any atom is -0.384 e. The Morgan fingerprint density at radius 3 is 2.89 bits per heavy atom. The third-order valence-corrected chi connectivity index (χ3v) is 1.51. The smallest absolute Gasteiger partial charge is 0.125 e. The van der Waals surface area contributed by atoms with Gasteiger partial charge < -0.3 is 9.26 Å². The Morgan fingerprint density at radius 1 is 1.67 bits per heavy atom. The summed E-state index contributed by atoms with van der Waals surface area (Å²) in [6.45, 7) is 0. The number of hydrogen-bond acceptors (Lipinski definition) is 3. The van der Waals surface area contributed by atoms with Gasteiger partial charge in [0.25, 0.3) is 0 Å². The number of aromatic nitrogens is 1. The van der Waals surface area contributed by atoms with Gasteiger partial charge in [-0.15, -0.1) is 0 Å². The van der Waals surface area contributed by atoms with E-state index in [9.17, 15) is 0 Å². The quantitative estimate of drug-likeness (QED) is 0.571. The first-order valence-electron chi connectivity index (χ1n) is 2.41. The minimum atomic E-state index is 0.539. The number of nitrogen functional groups attached to an aromatic ring is 1. The van der Waals surface area contributed by atoms with Crippen LogP contribution >= 0.6 is 22.9 Å². The standard InChI is InChI=1S/C5H6IN3/c6-9-4-1-2-8-5(7)3-4/h1-3H,(H3,7,8,9). The molecule has 1 aromatic heterocycles. The van der Waals surface area contributed by atoms with Crippen molar-refractivity contribution in [2.75, 3.05) is 9.26 Å². The van der Waals surface area contributed by atoms with Gasteiger partial charge in [0.15, 0.2) is 0 Å². The Labute approximate surface area is 67.2 Å². The van der Waals surface area contributed by atoms with E-state index in [1.165, 1.54) is 0 Å². The summed E-state index contributed by atoms with van der Waals surface area (Å²) in [7, 11) is 0. The van der Waals surface area contributed by atoms with E-state index in [2.05, 4.69) is 8.51 Å². The van der Waals surface area contributed by atoms with E-state index in [-0.39, 0.29) is 0 Å². The summed E-state index contributed by atoms with van der Waals surface area (Å²) in [6, 6.07) is 3.62. The predicted octanol–water partition coefficient (Wildman–Crippen LogP) is 1.43. The maximum absolute atomic E-state index is 5.38. The molecule has 0 bridgehead atoms. The fourth-order valence-electron chi connectivity index (χ4n) is 0.507. The van der Waals surface area contributed by atoms with Crippen molar-refractivity contribution in [1.29, 1.82) is 0 Å². The molecule has 1 aromatic rings. The lowest BCUT2D eigenvalue weighted by atomic mass is 10.4. The molecule has 3 N–H and O–H groups in total. The highest BCUT2D eigenvalue weighted by Crippen LogP contribution is 2.09. The average Bonchev–Trinajstić information content (AvgIpc) is 1.88. The number of nitrogens with one attached hydrogen (secondary N) is 1. The number of anilines is 2. The van der Waals surface area contributed by atoms with Crippen molar-refractivity contribution in [3.63, 3.8) is 0 Å². The van der Waals surface area contributed by atoms with Gasteiger partial charge in [0.2, 0.25) is 0 Å². The molecule has 0 aliphatic carbocycles. The zero-order valence-electron chi connectivity index (χ0n) is 4.63. The van der Waals surface area contributed by atoms with E-state index >= 15 is 0 Å². The molecule has 4 heteroatoms. The zero-order chi connectivity index (χ0) is 6.69. The Bertz CT molecular complexity index is 201. The second-order valence-corrected chi connectivity index (χ2v) is 2.10. The molecule has 0 fully saturated rings. The number of rotatable bonds is 1. The molecule has 3 nitrogen and oxygen atoms in total. The van der Waals surface area contributed by atoms with Crippen molar-refractivity contribution in [3.05, 3.63) is 18.3 Å². The van der Waals surface area contributed by atoms with E-state index in [0.717, 1.165) is 5.69 Å². The normalized spacial score (nSPS) is 9.00. The van der Waals surface area contributed by atoms with Crippen molar-refractivity contribution in [3.8, 4) is 0 Å². The monoisotopic (exact) mass is 235 g/mol. The van der Waals surface area contributed by atoms with Crippen LogP contribution in [0.4, 0.5) is 11.5 Å². The Kier molecular flexibility index (Phi) is 2.10. The molecule has 0 atom stereocenters. The van der Waals surface area contributed by atoms with Crippen LogP contribution < -0.4 is 9.26 Å². The minimum absolute atomic E-state index is 0.539. The second kappa shape index (κ2) is 2.86. The number of nitrogens with zero attached hydrogens (tertiary/aromatic N) is 1. The van der Waals surface area contributed by atoms with E-state index in [1.54, 1.807) is 12.3 Å². The zero-order valence-corrected chi connectivity index (χ0v) is 6.79. The van der Waals surface area contributed by atoms with Gasteiger partial charge >= 0.3 is 0 Å². The number of nitrogens with two attached hydrogens (primary N) is 1. The molecule has 0 saturated heterocycles. The van der Waals surface area contributed by atoms with Gasteiger partial charge in [0.1, 0.15) is 5.82 Å². The molecule has 1 rings (SSSR count). The second-order valence-electron chi connectivity index (χ2n) is 1.56. The highest BCUT2D eigenvalue weighted by molar-refractivity contribution is 14.1. The highest BCUT2D eigenvalue weighted by Gasteiger charge is 1.87. The summed E-state index contributed by atoms with van der Waals surface area (Å²) >= 11 is 2.04. The molecule has 9 heavy (non-hydrogen) atoms. The lowest BCUT2D eigenvalue weighted by molar-refractivity contribution is 1.34. The highest BCUT2D eigenvalue weighted by atomic mass is 127. The van der Waals surface area contributed by atoms with Crippen molar-refractivity contribution in [2.24, 2.45) is 0 Å². The summed E-state index contributed by atoms with van der Waals surface area (Å²) in [6.07, 6.45) is 1.66. The molecule has 48 valence electrons. The largest absolute Gasteiger partial charge is 0.384 e. The molecular weight excluding hydrogens is 229 g/mol. The summed E-state index contributed by atoms with van der Waals surface area (Å²) in [5.74, 6) is 0.539. The first-order chi connectivity index (χ1) is 4.33. The van der Waals surface area contributed by atoms with Gasteiger partial charge in [0.05, 0.1) is 22.9 Å². The van der Waals surface area contributed by atoms with Crippen molar-refractivity contribution >= 4 is 34.4 Å². The van der Waals surface area contributed by atoms with Gasteiger partial charge in [-0.2, -0.15) is 0 Å². The molecule has 0 saturated carbocycles. The number of halogens is 1. The Morgan fingerprint density at radius 2 is 2.44 bits per heavy atom. The summed E-state index contributed by atoms with van der Waals surface area (Å²) < 4.78 is 2.92. The lowest BCUT2D eigenvalue weighted by Crippen LogP contribution is -1.89. The maximum atomic E-state index is 5.38. The van der Waals surface area contributed by atoms with E-state index in [0.29, 0.717) is 5.82 Å². The van der Waals surface area contributed by atoms with Crippen LogP contribution in [-0.4, -0.2) is 4.98 Å². The maximum Gasteiger partial charge on any atom is 0.125 e. The molecule has 0 radical (unpaired) electrons. The predicted molar refractivity (Wildman–Crippen MR) is 46.3 cm³/mol. The lowest BCUT2D eigenvalue weighted by Gasteiger charge is -1.95. The summed E-state index contributed by atoms with van der Waals surface area (Å²) in [5, 5.41) is 0. The molecule has 0 aliphatic rings. The molecule has 1 heterocycles. The average molecular weight is 235 g/mol. The van der Waals surface area contributed by atoms with Gasteiger partial charge in [-0.3, -0.25) is 0 Å². The van der Waals surface area contributed by atoms with E-state index in [1.807, 2.05) is 28.9 Å². The van der Waals surface area contributed by atoms with Gasteiger partial charge in [-0.1, -0.05) is 0 Å². The van der Waals surface area contributed by atoms with Gasteiger partial charge in [-0.05, 0) is 6.07 Å².